The van der Waals surface area contributed by atoms with Crippen LogP contribution < -0.4 is 34.2 Å². The van der Waals surface area contributed by atoms with Crippen LogP contribution in [0.4, 0.5) is 0 Å². The van der Waals surface area contributed by atoms with Gasteiger partial charge in [0.2, 0.25) is 12.7 Å². The summed E-state index contributed by atoms with van der Waals surface area (Å²) in [7, 11) is 5.03. The molecule has 0 spiro atoms. The molecule has 140 valence electrons. The molecule has 0 aliphatic carbocycles. The minimum Gasteiger partial charge on any atom is -1.00 e. The smallest absolute Gasteiger partial charge is 0.306 e. The topological polar surface area (TPSA) is 127 Å². The zero-order valence-electron chi connectivity index (χ0n) is 13.0. The van der Waals surface area contributed by atoms with E-state index in [-0.39, 0.29) is 35.8 Å². The summed E-state index contributed by atoms with van der Waals surface area (Å²) in [6.07, 6.45) is 7.64. The third kappa shape index (κ3) is 5.48. The van der Waals surface area contributed by atoms with E-state index >= 15 is 0 Å². The molecule has 0 atom stereocenters. The van der Waals surface area contributed by atoms with Crippen LogP contribution in [0.1, 0.15) is 0 Å². The highest BCUT2D eigenvalue weighted by Gasteiger charge is 2.30. The van der Waals surface area contributed by atoms with Gasteiger partial charge in [-0.25, -0.2) is 0 Å². The number of rotatable bonds is 3. The van der Waals surface area contributed by atoms with Crippen molar-refractivity contribution in [2.45, 2.75) is 36.7 Å². The van der Waals surface area contributed by atoms with Gasteiger partial charge < -0.3 is 40.9 Å². The molecule has 0 fully saturated rings. The Kier molecular flexibility index (Phi) is 12.7. The summed E-state index contributed by atoms with van der Waals surface area (Å²) in [5.41, 5.74) is 0. The maximum atomic E-state index is 7.00. The minimum absolute atomic E-state index is 0. The Balaban J connectivity index is 0. The van der Waals surface area contributed by atoms with Crippen molar-refractivity contribution in [2.75, 3.05) is 7.11 Å². The molecular formula is C11H22Cl2N6O3S2. The predicted octanol–water partition coefficient (Wildman–Crippen LogP) is -8.53. The van der Waals surface area contributed by atoms with Gasteiger partial charge >= 0.3 is 12.7 Å². The molecule has 0 saturated heterocycles. The lowest BCUT2D eigenvalue weighted by atomic mass is 10.4. The number of fused-ring (bicyclic) bond motifs is 2. The lowest BCUT2D eigenvalue weighted by Gasteiger charge is -2.07. The lowest BCUT2D eigenvalue weighted by molar-refractivity contribution is -0.758. The van der Waals surface area contributed by atoms with Crippen molar-refractivity contribution >= 4 is 21.6 Å². The average molecular weight is 421 g/mol. The van der Waals surface area contributed by atoms with E-state index < -0.39 is 0 Å². The van der Waals surface area contributed by atoms with Crippen molar-refractivity contribution in [2.24, 2.45) is 0 Å². The molecule has 0 amide bonds. The fourth-order valence-electron chi connectivity index (χ4n) is 2.47. The first-order valence-electron chi connectivity index (χ1n) is 6.45. The summed E-state index contributed by atoms with van der Waals surface area (Å²) >= 11 is 0. The number of nitrogens with zero attached hydrogens (tertiary/aromatic N) is 6. The van der Waals surface area contributed by atoms with Crippen LogP contribution in [0.15, 0.2) is 25.3 Å². The van der Waals surface area contributed by atoms with Crippen molar-refractivity contribution in [1.82, 2.24) is 19.3 Å². The first-order valence-corrected chi connectivity index (χ1v) is 8.72. The Morgan fingerprint density at radius 3 is 1.58 bits per heavy atom. The van der Waals surface area contributed by atoms with Gasteiger partial charge in [0.15, 0.2) is 0 Å². The predicted molar refractivity (Wildman–Crippen MR) is 83.0 cm³/mol. The van der Waals surface area contributed by atoms with Gasteiger partial charge in [-0.05, 0) is 9.97 Å². The van der Waals surface area contributed by atoms with Gasteiger partial charge in [0, 0.05) is 7.11 Å². The van der Waals surface area contributed by atoms with Crippen LogP contribution >= 0.6 is 21.6 Å². The molecule has 2 aliphatic heterocycles. The quantitative estimate of drug-likeness (QED) is 0.389. The summed E-state index contributed by atoms with van der Waals surface area (Å²) < 4.78 is 8.76. The van der Waals surface area contributed by atoms with Crippen molar-refractivity contribution in [3.63, 3.8) is 0 Å². The zero-order chi connectivity index (χ0) is 13.9. The molecule has 9 nitrogen and oxygen atoms in total. The number of hydrogen-bond donors (Lipinski definition) is 1. The molecule has 4 heterocycles. The molecule has 24 heavy (non-hydrogen) atoms. The molecule has 0 unspecified atom stereocenters. The number of aromatic nitrogens is 6. The minimum atomic E-state index is 0. The number of aliphatic hydroxyl groups is 1. The molecule has 5 N–H and O–H groups in total. The number of hydrogen-bond acceptors (Lipinski definition) is 5. The maximum Gasteiger partial charge on any atom is 0.306 e. The van der Waals surface area contributed by atoms with Gasteiger partial charge in [-0.15, -0.1) is 0 Å². The fourth-order valence-corrected chi connectivity index (χ4v) is 5.31. The average Bonchev–Trinajstić information content (AvgIpc) is 3.17. The molecule has 2 aliphatic rings. The summed E-state index contributed by atoms with van der Waals surface area (Å²) in [4.78, 5) is 8.26. The van der Waals surface area contributed by atoms with Crippen LogP contribution in [-0.2, 0) is 26.2 Å². The Bertz CT molecular complexity index is 496. The van der Waals surface area contributed by atoms with E-state index in [1.807, 2.05) is 46.9 Å². The Morgan fingerprint density at radius 1 is 0.875 bits per heavy atom. The highest BCUT2D eigenvalue weighted by molar-refractivity contribution is 8.77. The normalized spacial score (nSPS) is 19.2. The molecule has 2 aromatic heterocycles. The fraction of sp³-hybridized carbons (Fsp3) is 0.636. The molecule has 0 radical (unpaired) electrons. The van der Waals surface area contributed by atoms with Gasteiger partial charge in [0.1, 0.15) is 13.1 Å². The Hall–Kier alpha value is -0.560. The molecule has 4 rings (SSSR count). The first-order chi connectivity index (χ1) is 9.88. The van der Waals surface area contributed by atoms with Crippen molar-refractivity contribution < 1.29 is 50.2 Å². The van der Waals surface area contributed by atoms with Crippen molar-refractivity contribution in [1.29, 1.82) is 0 Å². The molecule has 2 aromatic rings. The summed E-state index contributed by atoms with van der Waals surface area (Å²) in [6.45, 7) is 4.30. The largest absolute Gasteiger partial charge is 1.00 e. The van der Waals surface area contributed by atoms with E-state index in [2.05, 4.69) is 28.7 Å². The number of halogens is 2. The van der Waals surface area contributed by atoms with Crippen LogP contribution in [0.25, 0.3) is 0 Å². The van der Waals surface area contributed by atoms with E-state index in [9.17, 15) is 0 Å². The van der Waals surface area contributed by atoms with Crippen LogP contribution in [0, 0.1) is 0 Å². The van der Waals surface area contributed by atoms with Gasteiger partial charge in [-0.3, -0.25) is 0 Å². The third-order valence-electron chi connectivity index (χ3n) is 3.35. The van der Waals surface area contributed by atoms with Crippen LogP contribution in [-0.4, -0.2) is 53.0 Å². The summed E-state index contributed by atoms with van der Waals surface area (Å²) in [5, 5.41) is 8.34. The van der Waals surface area contributed by atoms with Gasteiger partial charge in [0.25, 0.3) is 0 Å². The number of aliphatic hydroxyl groups excluding tert-OH is 1. The van der Waals surface area contributed by atoms with E-state index in [4.69, 9.17) is 5.11 Å². The third-order valence-corrected chi connectivity index (χ3v) is 6.57. The second-order valence-corrected chi connectivity index (χ2v) is 7.56. The van der Waals surface area contributed by atoms with Crippen LogP contribution in [0.2, 0.25) is 0 Å². The Labute approximate surface area is 160 Å². The standard InChI is InChI=1S/C10H14N6S2.CH4O.2ClH.2H2O/c1-9(2-14-6-11-5-13(1)14)17-18-10-3-15-7-12-8-16(15)4-10;1-2;;;;/h5-10H,1-4H2;2H,1H3;2*1H;2*1H2/q+2;;;;;/p-2. The van der Waals surface area contributed by atoms with E-state index in [0.717, 1.165) is 33.3 Å². The SMILES string of the molecule is CO.O.O.[Cl-].[Cl-].c1nc[n+]2n1CC(SSC1Cn3cnc[n+]3C1)C2. The molecule has 0 aromatic carbocycles. The highest BCUT2D eigenvalue weighted by Crippen LogP contribution is 2.34. The zero-order valence-corrected chi connectivity index (χ0v) is 16.1. The van der Waals surface area contributed by atoms with Crippen LogP contribution in [0.3, 0.4) is 0 Å². The van der Waals surface area contributed by atoms with Crippen molar-refractivity contribution in [3.8, 4) is 0 Å². The highest BCUT2D eigenvalue weighted by atomic mass is 35.5. The second-order valence-electron chi connectivity index (χ2n) is 4.68. The second kappa shape index (κ2) is 11.9. The summed E-state index contributed by atoms with van der Waals surface area (Å²) in [6, 6.07) is 0. The molecular weight excluding hydrogens is 399 g/mol. The van der Waals surface area contributed by atoms with Gasteiger partial charge in [-0.1, -0.05) is 21.6 Å². The van der Waals surface area contributed by atoms with E-state index in [1.165, 1.54) is 0 Å². The Morgan fingerprint density at radius 2 is 1.25 bits per heavy atom. The summed E-state index contributed by atoms with van der Waals surface area (Å²) in [5.74, 6) is 0. The van der Waals surface area contributed by atoms with Gasteiger partial charge in [0.05, 0.1) is 23.6 Å². The van der Waals surface area contributed by atoms with Crippen LogP contribution in [0.5, 0.6) is 0 Å². The molecule has 0 saturated carbocycles. The maximum absolute atomic E-state index is 7.00. The molecule has 0 bridgehead atoms. The lowest BCUT2D eigenvalue weighted by Crippen LogP contribution is -3.00. The first kappa shape index (κ1) is 25.7. The van der Waals surface area contributed by atoms with E-state index in [1.54, 1.807) is 0 Å². The van der Waals surface area contributed by atoms with Gasteiger partial charge in [-0.2, -0.15) is 18.7 Å². The monoisotopic (exact) mass is 420 g/mol. The molecule has 13 heteroatoms. The van der Waals surface area contributed by atoms with Crippen molar-refractivity contribution in [3.05, 3.63) is 25.3 Å². The van der Waals surface area contributed by atoms with E-state index in [0.29, 0.717) is 10.5 Å².